The molecule has 198 valence electrons. The Morgan fingerprint density at radius 3 is 1.74 bits per heavy atom. The highest BCUT2D eigenvalue weighted by Gasteiger charge is 2.11. The topological polar surface area (TPSA) is 69.4 Å². The largest absolute Gasteiger partial charge is 0.255 e. The predicted molar refractivity (Wildman–Crippen MR) is 158 cm³/mol. The van der Waals surface area contributed by atoms with Crippen LogP contribution in [0, 0.1) is 0 Å². The van der Waals surface area contributed by atoms with Gasteiger partial charge in [-0.25, -0.2) is 4.98 Å². The van der Waals surface area contributed by atoms with Gasteiger partial charge in [0, 0.05) is 24.5 Å². The molecule has 4 aromatic heterocycles. The monoisotopic (exact) mass is 516 g/mol. The Hall–Kier alpha value is -4.19. The summed E-state index contributed by atoms with van der Waals surface area (Å²) in [5.41, 5.74) is 7.44. The number of aromatic nitrogens is 6. The van der Waals surface area contributed by atoms with E-state index in [4.69, 9.17) is 4.98 Å². The molecule has 0 aliphatic carbocycles. The van der Waals surface area contributed by atoms with E-state index in [2.05, 4.69) is 69.8 Å². The molecule has 6 heteroatoms. The fraction of sp³-hybridized carbons (Fsp3) is 0.303. The zero-order valence-electron chi connectivity index (χ0n) is 22.7. The molecule has 6 nitrogen and oxygen atoms in total. The van der Waals surface area contributed by atoms with Crippen LogP contribution in [-0.4, -0.2) is 29.9 Å². The molecule has 0 fully saturated rings. The second kappa shape index (κ2) is 13.6. The second-order valence-electron chi connectivity index (χ2n) is 9.98. The van der Waals surface area contributed by atoms with E-state index in [1.807, 2.05) is 41.1 Å². The van der Waals surface area contributed by atoms with Crippen LogP contribution in [0.5, 0.6) is 0 Å². The van der Waals surface area contributed by atoms with E-state index in [9.17, 15) is 0 Å². The average molecular weight is 517 g/mol. The molecule has 0 amide bonds. The lowest BCUT2D eigenvalue weighted by Crippen LogP contribution is -1.98. The molecule has 39 heavy (non-hydrogen) atoms. The van der Waals surface area contributed by atoms with E-state index in [0.717, 1.165) is 58.1 Å². The van der Waals surface area contributed by atoms with E-state index in [0.29, 0.717) is 0 Å². The number of unbranched alkanes of at least 4 members (excludes halogenated alkanes) is 7. The van der Waals surface area contributed by atoms with Crippen molar-refractivity contribution < 1.29 is 0 Å². The van der Waals surface area contributed by atoms with Crippen LogP contribution in [0.2, 0.25) is 0 Å². The van der Waals surface area contributed by atoms with Gasteiger partial charge in [-0.3, -0.25) is 14.6 Å². The molecule has 5 aromatic rings. The van der Waals surface area contributed by atoms with Crippen LogP contribution in [0.25, 0.3) is 45.2 Å². The lowest BCUT2D eigenvalue weighted by molar-refractivity contribution is 0.511. The van der Waals surface area contributed by atoms with Crippen molar-refractivity contribution in [2.45, 2.75) is 64.8 Å². The van der Waals surface area contributed by atoms with Crippen LogP contribution < -0.4 is 0 Å². The van der Waals surface area contributed by atoms with Crippen molar-refractivity contribution in [3.05, 3.63) is 91.4 Å². The van der Waals surface area contributed by atoms with Gasteiger partial charge in [-0.1, -0.05) is 93.5 Å². The van der Waals surface area contributed by atoms with E-state index in [1.54, 1.807) is 12.4 Å². The number of aryl methyl sites for hydroxylation is 1. The van der Waals surface area contributed by atoms with Gasteiger partial charge < -0.3 is 0 Å². The number of hydrogen-bond acceptors (Lipinski definition) is 5. The van der Waals surface area contributed by atoms with Crippen LogP contribution in [0.4, 0.5) is 0 Å². The third-order valence-corrected chi connectivity index (χ3v) is 6.97. The molecular weight excluding hydrogens is 480 g/mol. The number of hydrogen-bond donors (Lipinski definition) is 0. The third kappa shape index (κ3) is 7.23. The quantitative estimate of drug-likeness (QED) is 0.147. The van der Waals surface area contributed by atoms with E-state index in [-0.39, 0.29) is 0 Å². The summed E-state index contributed by atoms with van der Waals surface area (Å²) in [6.45, 7) is 3.18. The first-order chi connectivity index (χ1) is 19.3. The molecule has 0 saturated heterocycles. The summed E-state index contributed by atoms with van der Waals surface area (Å²) in [4.78, 5) is 13.9. The summed E-state index contributed by atoms with van der Waals surface area (Å²) in [7, 11) is 0. The predicted octanol–water partition coefficient (Wildman–Crippen LogP) is 8.27. The summed E-state index contributed by atoms with van der Waals surface area (Å²) < 4.78 is 1.97. The highest BCUT2D eigenvalue weighted by Crippen LogP contribution is 2.30. The Balaban J connectivity index is 1.28. The summed E-state index contributed by atoms with van der Waals surface area (Å²) in [6.07, 6.45) is 16.1. The Morgan fingerprint density at radius 2 is 1.15 bits per heavy atom. The van der Waals surface area contributed by atoms with Gasteiger partial charge in [-0.2, -0.15) is 0 Å². The van der Waals surface area contributed by atoms with E-state index >= 15 is 0 Å². The smallest absolute Gasteiger partial charge is 0.113 e. The van der Waals surface area contributed by atoms with Gasteiger partial charge >= 0.3 is 0 Å². The average Bonchev–Trinajstić information content (AvgIpc) is 3.48. The van der Waals surface area contributed by atoms with E-state index in [1.165, 1.54) is 44.9 Å². The highest BCUT2D eigenvalue weighted by molar-refractivity contribution is 5.76. The van der Waals surface area contributed by atoms with Gasteiger partial charge in [0.25, 0.3) is 0 Å². The summed E-state index contributed by atoms with van der Waals surface area (Å²) in [5, 5.41) is 8.80. The molecule has 0 atom stereocenters. The van der Waals surface area contributed by atoms with Crippen molar-refractivity contribution in [3.63, 3.8) is 0 Å². The second-order valence-corrected chi connectivity index (χ2v) is 9.98. The Bertz CT molecular complexity index is 1370. The van der Waals surface area contributed by atoms with Crippen LogP contribution in [0.1, 0.15) is 58.3 Å². The third-order valence-electron chi connectivity index (χ3n) is 6.97. The molecule has 0 aliphatic heterocycles. The molecule has 1 aromatic carbocycles. The summed E-state index contributed by atoms with van der Waals surface area (Å²) >= 11 is 0. The van der Waals surface area contributed by atoms with Crippen molar-refractivity contribution in [1.29, 1.82) is 0 Å². The number of rotatable bonds is 13. The van der Waals surface area contributed by atoms with Crippen LogP contribution in [0.15, 0.2) is 91.4 Å². The summed E-state index contributed by atoms with van der Waals surface area (Å²) in [6, 6.07) is 24.4. The Labute approximate surface area is 231 Å². The van der Waals surface area contributed by atoms with Crippen molar-refractivity contribution in [3.8, 4) is 45.2 Å². The Morgan fingerprint density at radius 1 is 0.564 bits per heavy atom. The summed E-state index contributed by atoms with van der Waals surface area (Å²) in [5.74, 6) is 0. The minimum absolute atomic E-state index is 0.821. The zero-order chi connectivity index (χ0) is 26.7. The van der Waals surface area contributed by atoms with Gasteiger partial charge in [-0.15, -0.1) is 5.10 Å². The maximum absolute atomic E-state index is 4.87. The molecule has 5 rings (SSSR count). The fourth-order valence-electron chi connectivity index (χ4n) is 4.77. The van der Waals surface area contributed by atoms with Gasteiger partial charge in [0.1, 0.15) is 5.69 Å². The van der Waals surface area contributed by atoms with Gasteiger partial charge in [-0.05, 0) is 53.9 Å². The van der Waals surface area contributed by atoms with Crippen LogP contribution >= 0.6 is 0 Å². The molecule has 0 radical (unpaired) electrons. The number of benzene rings is 1. The van der Waals surface area contributed by atoms with Crippen molar-refractivity contribution >= 4 is 0 Å². The first-order valence-electron chi connectivity index (χ1n) is 14.2. The number of nitrogens with zero attached hydrogens (tertiary/aromatic N) is 6. The maximum Gasteiger partial charge on any atom is 0.113 e. The lowest BCUT2D eigenvalue weighted by Gasteiger charge is -2.09. The first-order valence-corrected chi connectivity index (χ1v) is 14.2. The van der Waals surface area contributed by atoms with Gasteiger partial charge in [0.05, 0.1) is 29.0 Å². The normalized spacial score (nSPS) is 11.1. The fourth-order valence-corrected chi connectivity index (χ4v) is 4.77. The van der Waals surface area contributed by atoms with Crippen LogP contribution in [0.3, 0.4) is 0 Å². The molecule has 0 N–H and O–H groups in total. The van der Waals surface area contributed by atoms with Gasteiger partial charge in [0.15, 0.2) is 0 Å². The minimum Gasteiger partial charge on any atom is -0.255 e. The molecule has 0 spiro atoms. The molecule has 0 unspecified atom stereocenters. The maximum atomic E-state index is 4.87. The lowest BCUT2D eigenvalue weighted by atomic mass is 10.0. The molecule has 0 bridgehead atoms. The Kier molecular flexibility index (Phi) is 9.18. The molecule has 0 saturated carbocycles. The molecule has 4 heterocycles. The van der Waals surface area contributed by atoms with Crippen LogP contribution in [-0.2, 0) is 6.54 Å². The van der Waals surface area contributed by atoms with Crippen molar-refractivity contribution in [2.24, 2.45) is 0 Å². The van der Waals surface area contributed by atoms with Gasteiger partial charge in [0.2, 0.25) is 0 Å². The molecule has 0 aliphatic rings. The highest BCUT2D eigenvalue weighted by atomic mass is 15.4. The van der Waals surface area contributed by atoms with E-state index < -0.39 is 0 Å². The molecular formula is C33H36N6. The number of pyridine rings is 3. The van der Waals surface area contributed by atoms with Crippen molar-refractivity contribution in [1.82, 2.24) is 29.9 Å². The van der Waals surface area contributed by atoms with Crippen molar-refractivity contribution in [2.75, 3.05) is 0 Å². The first kappa shape index (κ1) is 26.4. The SMILES string of the molecule is CCCCCCCCCCn1cc(-c2ccc(-c3cc(-c4ccccn4)nc(-c4ccccn4)c3)cc2)nn1. The standard InChI is InChI=1S/C33H36N6/c1-2-3-4-5-6-7-8-13-22-39-25-33(37-38-39)27-18-16-26(17-19-27)28-23-31(29-14-9-11-20-34-29)36-32(24-28)30-15-10-12-21-35-30/h9-12,14-21,23-25H,2-8,13,22H2,1H3. The zero-order valence-corrected chi connectivity index (χ0v) is 22.7. The minimum atomic E-state index is 0.821.